The van der Waals surface area contributed by atoms with Gasteiger partial charge in [0, 0.05) is 13.1 Å². The zero-order valence-electron chi connectivity index (χ0n) is 13.6. The SMILES string of the molecule is CN(C/C=C/c1ccc(F)cc1)Cc1ccc2c(c1)OCCO2.Cl. The van der Waals surface area contributed by atoms with Gasteiger partial charge in [-0.1, -0.05) is 30.4 Å². The average molecular weight is 350 g/mol. The van der Waals surface area contributed by atoms with Gasteiger partial charge in [-0.3, -0.25) is 4.90 Å². The van der Waals surface area contributed by atoms with E-state index in [9.17, 15) is 4.39 Å². The van der Waals surface area contributed by atoms with Gasteiger partial charge in [0.05, 0.1) is 0 Å². The molecule has 0 aromatic heterocycles. The molecule has 1 aliphatic heterocycles. The highest BCUT2D eigenvalue weighted by Gasteiger charge is 2.12. The third-order valence-electron chi connectivity index (χ3n) is 3.66. The zero-order valence-corrected chi connectivity index (χ0v) is 14.4. The van der Waals surface area contributed by atoms with Gasteiger partial charge in [0.15, 0.2) is 11.5 Å². The molecule has 24 heavy (non-hydrogen) atoms. The summed E-state index contributed by atoms with van der Waals surface area (Å²) in [4.78, 5) is 2.20. The van der Waals surface area contributed by atoms with E-state index in [-0.39, 0.29) is 18.2 Å². The Hall–Kier alpha value is -2.04. The lowest BCUT2D eigenvalue weighted by Crippen LogP contribution is -2.19. The molecule has 2 aromatic carbocycles. The minimum atomic E-state index is -0.210. The molecule has 0 spiro atoms. The van der Waals surface area contributed by atoms with Crippen LogP contribution in [0.2, 0.25) is 0 Å². The fraction of sp³-hybridized carbons (Fsp3) is 0.263. The van der Waals surface area contributed by atoms with Crippen LogP contribution in [-0.2, 0) is 6.54 Å². The van der Waals surface area contributed by atoms with Crippen molar-refractivity contribution in [2.45, 2.75) is 6.54 Å². The lowest BCUT2D eigenvalue weighted by Gasteiger charge is -2.20. The molecule has 1 aliphatic rings. The van der Waals surface area contributed by atoms with Crippen molar-refractivity contribution < 1.29 is 13.9 Å². The molecule has 0 radical (unpaired) electrons. The summed E-state index contributed by atoms with van der Waals surface area (Å²) in [5.74, 6) is 1.43. The van der Waals surface area contributed by atoms with Crippen LogP contribution in [0.1, 0.15) is 11.1 Å². The molecule has 1 heterocycles. The highest BCUT2D eigenvalue weighted by molar-refractivity contribution is 5.85. The minimum absolute atomic E-state index is 0. The molecule has 0 saturated carbocycles. The summed E-state index contributed by atoms with van der Waals surface area (Å²) in [5.41, 5.74) is 2.19. The van der Waals surface area contributed by atoms with Crippen molar-refractivity contribution in [3.63, 3.8) is 0 Å². The van der Waals surface area contributed by atoms with E-state index < -0.39 is 0 Å². The van der Waals surface area contributed by atoms with E-state index in [0.717, 1.165) is 30.2 Å². The van der Waals surface area contributed by atoms with E-state index in [1.54, 1.807) is 12.1 Å². The molecular formula is C19H21ClFNO2. The molecule has 128 valence electrons. The van der Waals surface area contributed by atoms with Crippen LogP contribution in [0.4, 0.5) is 4.39 Å². The average Bonchev–Trinajstić information content (AvgIpc) is 2.56. The number of fused-ring (bicyclic) bond motifs is 1. The molecule has 0 unspecified atom stereocenters. The minimum Gasteiger partial charge on any atom is -0.486 e. The van der Waals surface area contributed by atoms with Gasteiger partial charge >= 0.3 is 0 Å². The Labute approximate surface area is 148 Å². The van der Waals surface area contributed by atoms with Crippen LogP contribution < -0.4 is 9.47 Å². The fourth-order valence-electron chi connectivity index (χ4n) is 2.50. The fourth-order valence-corrected chi connectivity index (χ4v) is 2.50. The van der Waals surface area contributed by atoms with Crippen LogP contribution >= 0.6 is 12.4 Å². The Kier molecular flexibility index (Phi) is 6.64. The Morgan fingerprint density at radius 3 is 2.50 bits per heavy atom. The van der Waals surface area contributed by atoms with Crippen molar-refractivity contribution in [1.29, 1.82) is 0 Å². The van der Waals surface area contributed by atoms with Crippen LogP contribution in [-0.4, -0.2) is 31.7 Å². The second-order valence-corrected chi connectivity index (χ2v) is 5.63. The van der Waals surface area contributed by atoms with Crippen molar-refractivity contribution in [2.24, 2.45) is 0 Å². The van der Waals surface area contributed by atoms with Crippen molar-refractivity contribution >= 4 is 18.5 Å². The van der Waals surface area contributed by atoms with Gasteiger partial charge in [0.1, 0.15) is 19.0 Å². The van der Waals surface area contributed by atoms with Crippen LogP contribution in [0.15, 0.2) is 48.5 Å². The summed E-state index contributed by atoms with van der Waals surface area (Å²) in [6.07, 6.45) is 4.07. The standard InChI is InChI=1S/C19H20FNO2.ClH/c1-21(10-2-3-15-4-7-17(20)8-5-15)14-16-6-9-18-19(13-16)23-12-11-22-18;/h2-9,13H,10-12,14H2,1H3;1H/b3-2+;. The highest BCUT2D eigenvalue weighted by Crippen LogP contribution is 2.30. The van der Waals surface area contributed by atoms with Crippen LogP contribution in [0, 0.1) is 5.82 Å². The van der Waals surface area contributed by atoms with Gasteiger partial charge in [0.2, 0.25) is 0 Å². The molecule has 0 saturated heterocycles. The maximum Gasteiger partial charge on any atom is 0.161 e. The van der Waals surface area contributed by atoms with Crippen molar-refractivity contribution in [3.8, 4) is 11.5 Å². The van der Waals surface area contributed by atoms with E-state index in [4.69, 9.17) is 9.47 Å². The van der Waals surface area contributed by atoms with Crippen molar-refractivity contribution in [2.75, 3.05) is 26.8 Å². The molecule has 0 bridgehead atoms. The van der Waals surface area contributed by atoms with Crippen LogP contribution in [0.25, 0.3) is 6.08 Å². The highest BCUT2D eigenvalue weighted by atomic mass is 35.5. The normalized spacial score (nSPS) is 13.1. The van der Waals surface area contributed by atoms with Crippen LogP contribution in [0.3, 0.4) is 0 Å². The monoisotopic (exact) mass is 349 g/mol. The quantitative estimate of drug-likeness (QED) is 0.809. The number of ether oxygens (including phenoxy) is 2. The number of rotatable bonds is 5. The number of hydrogen-bond donors (Lipinski definition) is 0. The second kappa shape index (κ2) is 8.71. The number of nitrogens with zero attached hydrogens (tertiary/aromatic N) is 1. The zero-order chi connectivity index (χ0) is 16.1. The van der Waals surface area contributed by atoms with E-state index >= 15 is 0 Å². The maximum absolute atomic E-state index is 12.8. The third kappa shape index (κ3) is 4.98. The van der Waals surface area contributed by atoms with Gasteiger partial charge < -0.3 is 9.47 Å². The van der Waals surface area contributed by atoms with Crippen molar-refractivity contribution in [3.05, 3.63) is 65.5 Å². The first-order valence-electron chi connectivity index (χ1n) is 7.70. The summed E-state index contributed by atoms with van der Waals surface area (Å²) >= 11 is 0. The first-order valence-corrected chi connectivity index (χ1v) is 7.70. The summed E-state index contributed by atoms with van der Waals surface area (Å²) in [6, 6.07) is 12.5. The third-order valence-corrected chi connectivity index (χ3v) is 3.66. The van der Waals surface area contributed by atoms with E-state index in [1.165, 1.54) is 17.7 Å². The molecule has 0 amide bonds. The molecule has 0 aliphatic carbocycles. The molecule has 5 heteroatoms. The van der Waals surface area contributed by atoms with E-state index in [1.807, 2.05) is 18.2 Å². The molecular weight excluding hydrogens is 329 g/mol. The molecule has 2 aromatic rings. The lowest BCUT2D eigenvalue weighted by atomic mass is 10.1. The molecule has 0 atom stereocenters. The molecule has 0 fully saturated rings. The van der Waals surface area contributed by atoms with Gasteiger partial charge in [-0.05, 0) is 42.4 Å². The number of benzene rings is 2. The number of hydrogen-bond acceptors (Lipinski definition) is 3. The molecule has 0 N–H and O–H groups in total. The van der Waals surface area contributed by atoms with Gasteiger partial charge in [-0.25, -0.2) is 4.39 Å². The van der Waals surface area contributed by atoms with Gasteiger partial charge in [-0.15, -0.1) is 12.4 Å². The van der Waals surface area contributed by atoms with E-state index in [0.29, 0.717) is 13.2 Å². The first-order chi connectivity index (χ1) is 11.2. The van der Waals surface area contributed by atoms with Crippen LogP contribution in [0.5, 0.6) is 11.5 Å². The van der Waals surface area contributed by atoms with Gasteiger partial charge in [-0.2, -0.15) is 0 Å². The Bertz CT molecular complexity index is 688. The Morgan fingerprint density at radius 2 is 1.75 bits per heavy atom. The predicted molar refractivity (Wildman–Crippen MR) is 96.4 cm³/mol. The number of likely N-dealkylation sites (N-methyl/N-ethyl adjacent to an activating group) is 1. The molecule has 3 rings (SSSR count). The predicted octanol–water partition coefficient (Wildman–Crippen LogP) is 4.16. The maximum atomic E-state index is 12.8. The van der Waals surface area contributed by atoms with E-state index in [2.05, 4.69) is 24.1 Å². The Morgan fingerprint density at radius 1 is 1.04 bits per heavy atom. The summed E-state index contributed by atoms with van der Waals surface area (Å²) in [6.45, 7) is 2.85. The largest absolute Gasteiger partial charge is 0.486 e. The summed E-state index contributed by atoms with van der Waals surface area (Å²) in [5, 5.41) is 0. The molecule has 3 nitrogen and oxygen atoms in total. The number of halogens is 2. The summed E-state index contributed by atoms with van der Waals surface area (Å²) in [7, 11) is 2.06. The second-order valence-electron chi connectivity index (χ2n) is 5.63. The van der Waals surface area contributed by atoms with Gasteiger partial charge in [0.25, 0.3) is 0 Å². The Balaban J connectivity index is 0.00000208. The smallest absolute Gasteiger partial charge is 0.161 e. The summed E-state index contributed by atoms with van der Waals surface area (Å²) < 4.78 is 24.0. The topological polar surface area (TPSA) is 21.7 Å². The van der Waals surface area contributed by atoms with Crippen molar-refractivity contribution in [1.82, 2.24) is 4.90 Å². The first kappa shape index (κ1) is 18.3. The lowest BCUT2D eigenvalue weighted by molar-refractivity contribution is 0.171.